The largest absolute Gasteiger partial charge is 0.352 e. The topological polar surface area (TPSA) is 82.3 Å². The summed E-state index contributed by atoms with van der Waals surface area (Å²) in [6.07, 6.45) is 10.1. The molecule has 6 nitrogen and oxygen atoms in total. The first kappa shape index (κ1) is 19.7. The van der Waals surface area contributed by atoms with E-state index in [0.717, 1.165) is 62.9 Å². The lowest BCUT2D eigenvalue weighted by Crippen LogP contribution is -2.61. The summed E-state index contributed by atoms with van der Waals surface area (Å²) < 4.78 is 0. The van der Waals surface area contributed by atoms with Gasteiger partial charge in [0, 0.05) is 31.1 Å². The van der Waals surface area contributed by atoms with E-state index in [1.807, 2.05) is 0 Å². The average molecular weight is 385 g/mol. The first-order valence-electron chi connectivity index (χ1n) is 10.2. The molecule has 1 heterocycles. The molecule has 1 aliphatic heterocycles. The predicted octanol–water partition coefficient (Wildman–Crippen LogP) is 1.93. The fourth-order valence-electron chi connectivity index (χ4n) is 6.11. The number of piperidine rings is 1. The van der Waals surface area contributed by atoms with Crippen LogP contribution in [0.4, 0.5) is 4.79 Å². The quantitative estimate of drug-likeness (QED) is 0.584. The van der Waals surface area contributed by atoms with E-state index in [2.05, 4.69) is 21.3 Å². The number of hydrogen-bond acceptors (Lipinski definition) is 3. The van der Waals surface area contributed by atoms with Crippen LogP contribution in [0.15, 0.2) is 0 Å². The molecule has 0 radical (unpaired) electrons. The lowest BCUT2D eigenvalue weighted by molar-refractivity contribution is -0.121. The maximum atomic E-state index is 12.3. The molecule has 5 rings (SSSR count). The van der Waals surface area contributed by atoms with E-state index in [1.165, 1.54) is 19.3 Å². The smallest absolute Gasteiger partial charge is 0.315 e. The molecule has 4 N–H and O–H groups in total. The molecule has 1 saturated heterocycles. The zero-order valence-electron chi connectivity index (χ0n) is 15.5. The Morgan fingerprint density at radius 3 is 2.27 bits per heavy atom. The van der Waals surface area contributed by atoms with Crippen LogP contribution < -0.4 is 21.3 Å². The molecule has 4 bridgehead atoms. The molecule has 0 aromatic heterocycles. The molecule has 3 amide bonds. The number of carbonyl (C=O) groups is 2. The summed E-state index contributed by atoms with van der Waals surface area (Å²) in [5, 5.41) is 12.5. The van der Waals surface area contributed by atoms with Gasteiger partial charge >= 0.3 is 6.03 Å². The first-order chi connectivity index (χ1) is 12.1. The molecule has 0 spiro atoms. The minimum Gasteiger partial charge on any atom is -0.352 e. The van der Waals surface area contributed by atoms with Gasteiger partial charge in [0.2, 0.25) is 5.91 Å². The average Bonchev–Trinajstić information content (AvgIpc) is 2.53. The van der Waals surface area contributed by atoms with Gasteiger partial charge in [0.1, 0.15) is 0 Å². The third-order valence-electron chi connectivity index (χ3n) is 6.72. The van der Waals surface area contributed by atoms with Crippen molar-refractivity contribution >= 4 is 24.3 Å². The Morgan fingerprint density at radius 2 is 1.69 bits per heavy atom. The van der Waals surface area contributed by atoms with E-state index in [4.69, 9.17) is 0 Å². The summed E-state index contributed by atoms with van der Waals surface area (Å²) in [6, 6.07) is 0.149. The van der Waals surface area contributed by atoms with Crippen molar-refractivity contribution in [3.05, 3.63) is 0 Å². The number of carbonyl (C=O) groups excluding carboxylic acids is 2. The molecule has 4 aliphatic carbocycles. The molecule has 5 fully saturated rings. The fraction of sp³-hybridized carbons (Fsp3) is 0.895. The molecule has 1 atom stereocenters. The minimum atomic E-state index is -0.0888. The standard InChI is InChI=1S/C19H32N4O2.ClH/c24-17(22-16-2-1-4-20-12-16)3-5-21-18(25)23-19-9-13-6-14(10-19)8-15(7-13)11-19;/h13-16,20H,1-12H2,(H,22,24)(H2,21,23,25);1H. The number of nitrogens with one attached hydrogen (secondary N) is 4. The second kappa shape index (κ2) is 8.34. The fourth-order valence-corrected chi connectivity index (χ4v) is 6.11. The lowest BCUT2D eigenvalue weighted by atomic mass is 9.53. The zero-order valence-corrected chi connectivity index (χ0v) is 16.3. The second-order valence-electron chi connectivity index (χ2n) is 8.94. The van der Waals surface area contributed by atoms with Gasteiger partial charge in [-0.15, -0.1) is 12.4 Å². The summed E-state index contributed by atoms with van der Waals surface area (Å²) in [6.45, 7) is 2.30. The van der Waals surface area contributed by atoms with Crippen LogP contribution in [-0.2, 0) is 4.79 Å². The van der Waals surface area contributed by atoms with Gasteiger partial charge in [0.25, 0.3) is 0 Å². The van der Waals surface area contributed by atoms with E-state index in [1.54, 1.807) is 0 Å². The monoisotopic (exact) mass is 384 g/mol. The molecule has 4 saturated carbocycles. The third-order valence-corrected chi connectivity index (χ3v) is 6.72. The molecule has 0 aromatic carbocycles. The molecule has 7 heteroatoms. The van der Waals surface area contributed by atoms with Crippen LogP contribution >= 0.6 is 12.4 Å². The van der Waals surface area contributed by atoms with E-state index < -0.39 is 0 Å². The van der Waals surface area contributed by atoms with E-state index in [9.17, 15) is 9.59 Å². The van der Waals surface area contributed by atoms with Gasteiger partial charge in [-0.05, 0) is 75.7 Å². The molecule has 1 unspecified atom stereocenters. The summed E-state index contributed by atoms with van der Waals surface area (Å²) >= 11 is 0. The predicted molar refractivity (Wildman–Crippen MR) is 103 cm³/mol. The number of urea groups is 1. The van der Waals surface area contributed by atoms with Crippen LogP contribution in [0, 0.1) is 17.8 Å². The van der Waals surface area contributed by atoms with E-state index >= 15 is 0 Å². The molecule has 26 heavy (non-hydrogen) atoms. The van der Waals surface area contributed by atoms with Crippen LogP contribution in [0.3, 0.4) is 0 Å². The first-order valence-corrected chi connectivity index (χ1v) is 10.2. The Morgan fingerprint density at radius 1 is 1.04 bits per heavy atom. The highest BCUT2D eigenvalue weighted by Gasteiger charge is 2.51. The van der Waals surface area contributed by atoms with Gasteiger partial charge in [-0.2, -0.15) is 0 Å². The van der Waals surface area contributed by atoms with Crippen molar-refractivity contribution in [2.75, 3.05) is 19.6 Å². The third kappa shape index (κ3) is 4.63. The number of amides is 3. The SMILES string of the molecule is Cl.O=C(CCNC(=O)NC12CC3CC(CC(C3)C1)C2)NC1CCCNC1. The molecular weight excluding hydrogens is 352 g/mol. The van der Waals surface area contributed by atoms with Crippen molar-refractivity contribution in [1.29, 1.82) is 0 Å². The minimum absolute atomic E-state index is 0. The van der Waals surface area contributed by atoms with E-state index in [-0.39, 0.29) is 35.9 Å². The Kier molecular flexibility index (Phi) is 6.33. The normalized spacial score (nSPS) is 37.5. The van der Waals surface area contributed by atoms with Gasteiger partial charge in [0.05, 0.1) is 0 Å². The zero-order chi connectivity index (χ0) is 17.3. The molecule has 148 valence electrons. The summed E-state index contributed by atoms with van der Waals surface area (Å²) in [5.41, 5.74) is 0.0366. The molecular formula is C19H33ClN4O2. The second-order valence-corrected chi connectivity index (χ2v) is 8.94. The highest BCUT2D eigenvalue weighted by atomic mass is 35.5. The summed E-state index contributed by atoms with van der Waals surface area (Å²) in [5.74, 6) is 2.49. The van der Waals surface area contributed by atoms with Gasteiger partial charge in [-0.3, -0.25) is 4.79 Å². The Bertz CT molecular complexity index is 486. The van der Waals surface area contributed by atoms with Crippen LogP contribution in [0.25, 0.3) is 0 Å². The Labute approximate surface area is 162 Å². The van der Waals surface area contributed by atoms with Gasteiger partial charge in [0.15, 0.2) is 0 Å². The maximum Gasteiger partial charge on any atom is 0.315 e. The molecule has 5 aliphatic rings. The van der Waals surface area contributed by atoms with Crippen molar-refractivity contribution in [3.63, 3.8) is 0 Å². The maximum absolute atomic E-state index is 12.3. The number of halogens is 1. The van der Waals surface area contributed by atoms with Crippen molar-refractivity contribution in [3.8, 4) is 0 Å². The van der Waals surface area contributed by atoms with Crippen molar-refractivity contribution in [2.45, 2.75) is 69.4 Å². The van der Waals surface area contributed by atoms with Crippen LogP contribution in [0.5, 0.6) is 0 Å². The van der Waals surface area contributed by atoms with Gasteiger partial charge < -0.3 is 21.3 Å². The number of rotatable bonds is 5. The van der Waals surface area contributed by atoms with Gasteiger partial charge in [-0.25, -0.2) is 4.79 Å². The summed E-state index contributed by atoms with van der Waals surface area (Å²) in [4.78, 5) is 24.3. The molecule has 0 aromatic rings. The Hall–Kier alpha value is -1.01. The number of hydrogen-bond donors (Lipinski definition) is 4. The van der Waals surface area contributed by atoms with Crippen LogP contribution in [-0.4, -0.2) is 43.2 Å². The van der Waals surface area contributed by atoms with Crippen molar-refractivity contribution in [2.24, 2.45) is 17.8 Å². The lowest BCUT2D eigenvalue weighted by Gasteiger charge is -2.56. The van der Waals surface area contributed by atoms with Crippen LogP contribution in [0.2, 0.25) is 0 Å². The Balaban J connectivity index is 0.00000196. The highest BCUT2D eigenvalue weighted by Crippen LogP contribution is 2.55. The van der Waals surface area contributed by atoms with Gasteiger partial charge in [-0.1, -0.05) is 0 Å². The van der Waals surface area contributed by atoms with Crippen molar-refractivity contribution < 1.29 is 9.59 Å². The van der Waals surface area contributed by atoms with Crippen molar-refractivity contribution in [1.82, 2.24) is 21.3 Å². The summed E-state index contributed by atoms with van der Waals surface area (Å²) in [7, 11) is 0. The highest BCUT2D eigenvalue weighted by molar-refractivity contribution is 5.85. The van der Waals surface area contributed by atoms with Crippen LogP contribution in [0.1, 0.15) is 57.8 Å². The van der Waals surface area contributed by atoms with E-state index in [0.29, 0.717) is 13.0 Å².